The molecule has 44 heavy (non-hydrogen) atoms. The third kappa shape index (κ3) is 11.4. The molecule has 3 N–H and O–H groups in total. The van der Waals surface area contributed by atoms with E-state index in [0.717, 1.165) is 37.9 Å². The molecule has 3 heterocycles. The predicted octanol–water partition coefficient (Wildman–Crippen LogP) is 7.85. The van der Waals surface area contributed by atoms with Crippen LogP contribution in [0, 0.1) is 0 Å². The summed E-state index contributed by atoms with van der Waals surface area (Å²) in [5.74, 6) is -2.73. The van der Waals surface area contributed by atoms with Gasteiger partial charge in [0.25, 0.3) is 5.92 Å². The number of ether oxygens (including phenoxy) is 2. The molecule has 1 aliphatic heterocycles. The van der Waals surface area contributed by atoms with Gasteiger partial charge in [-0.3, -0.25) is 0 Å². The molecule has 14 heteroatoms. The maximum absolute atomic E-state index is 13.5. The van der Waals surface area contributed by atoms with Gasteiger partial charge in [0.15, 0.2) is 6.67 Å². The second-order valence-corrected chi connectivity index (χ2v) is 11.8. The van der Waals surface area contributed by atoms with Crippen LogP contribution in [-0.2, 0) is 11.4 Å². The molecule has 0 bridgehead atoms. The van der Waals surface area contributed by atoms with Crippen molar-refractivity contribution in [1.29, 1.82) is 0 Å². The van der Waals surface area contributed by atoms with Crippen molar-refractivity contribution < 1.29 is 31.8 Å². The summed E-state index contributed by atoms with van der Waals surface area (Å²) in [5, 5.41) is 0. The average molecular weight is 639 g/mol. The number of nitrogen functional groups attached to an aromatic ring is 1. The van der Waals surface area contributed by atoms with E-state index in [2.05, 4.69) is 19.7 Å². The number of alkyl halides is 4. The SMILES string of the molecule is CC(C)(C)OC(=O)N1CCCCC1.Nc1nccc(-c2cccnc2Oc2ccc(NSCCC(F)(F)CF)c(CF)c2)n1. The summed E-state index contributed by atoms with van der Waals surface area (Å²) in [6.45, 7) is 4.90. The number of anilines is 2. The Balaban J connectivity index is 0.000000340. The molecule has 0 aliphatic carbocycles. The molecular formula is C30H38F4N6O3S. The van der Waals surface area contributed by atoms with E-state index >= 15 is 0 Å². The number of likely N-dealkylation sites (tertiary alicyclic amines) is 1. The first-order valence-corrected chi connectivity index (χ1v) is 15.1. The molecule has 0 radical (unpaired) electrons. The van der Waals surface area contributed by atoms with Gasteiger partial charge >= 0.3 is 6.09 Å². The smallest absolute Gasteiger partial charge is 0.410 e. The molecule has 4 rings (SSSR count). The largest absolute Gasteiger partial charge is 0.444 e. The minimum Gasteiger partial charge on any atom is -0.444 e. The minimum absolute atomic E-state index is 0.0414. The van der Waals surface area contributed by atoms with Gasteiger partial charge in [0.2, 0.25) is 11.8 Å². The van der Waals surface area contributed by atoms with Crippen LogP contribution in [0.1, 0.15) is 52.0 Å². The summed E-state index contributed by atoms with van der Waals surface area (Å²) < 4.78 is 65.5. The lowest BCUT2D eigenvalue weighted by Gasteiger charge is -2.29. The van der Waals surface area contributed by atoms with E-state index in [0.29, 0.717) is 22.7 Å². The zero-order valence-electron chi connectivity index (χ0n) is 25.0. The quantitative estimate of drug-likeness (QED) is 0.130. The number of aromatic nitrogens is 3. The number of carbonyl (C=O) groups excluding carboxylic acids is 1. The molecule has 240 valence electrons. The van der Waals surface area contributed by atoms with Gasteiger partial charge in [-0.05, 0) is 76.4 Å². The Morgan fingerprint density at radius 2 is 1.82 bits per heavy atom. The van der Waals surface area contributed by atoms with Gasteiger partial charge in [0.1, 0.15) is 18.0 Å². The van der Waals surface area contributed by atoms with Crippen molar-refractivity contribution >= 4 is 29.7 Å². The maximum Gasteiger partial charge on any atom is 0.410 e. The van der Waals surface area contributed by atoms with Crippen LogP contribution in [0.2, 0.25) is 0 Å². The van der Waals surface area contributed by atoms with Gasteiger partial charge in [-0.25, -0.2) is 37.3 Å². The van der Waals surface area contributed by atoms with Crippen molar-refractivity contribution in [3.05, 3.63) is 54.4 Å². The normalized spacial score (nSPS) is 13.5. The Kier molecular flexibility index (Phi) is 12.9. The average Bonchev–Trinajstić information content (AvgIpc) is 3.00. The van der Waals surface area contributed by atoms with Crippen LogP contribution in [0.15, 0.2) is 48.8 Å². The number of piperidine rings is 1. The highest BCUT2D eigenvalue weighted by Gasteiger charge is 2.28. The molecule has 1 aromatic carbocycles. The number of carbonyl (C=O) groups is 1. The van der Waals surface area contributed by atoms with Crippen molar-refractivity contribution in [2.24, 2.45) is 0 Å². The number of benzene rings is 1. The maximum atomic E-state index is 13.5. The van der Waals surface area contributed by atoms with Crippen molar-refractivity contribution in [1.82, 2.24) is 19.9 Å². The molecule has 3 aromatic rings. The summed E-state index contributed by atoms with van der Waals surface area (Å²) in [7, 11) is 0. The number of hydrogen-bond donors (Lipinski definition) is 2. The minimum atomic E-state index is -3.36. The topological polar surface area (TPSA) is 115 Å². The molecular weight excluding hydrogens is 600 g/mol. The Bertz CT molecular complexity index is 1360. The Hall–Kier alpha value is -3.81. The molecule has 1 amide bonds. The first kappa shape index (κ1) is 34.7. The second-order valence-electron chi connectivity index (χ2n) is 10.9. The zero-order chi connectivity index (χ0) is 32.2. The third-order valence-electron chi connectivity index (χ3n) is 6.11. The molecule has 0 spiro atoms. The Morgan fingerprint density at radius 3 is 2.48 bits per heavy atom. The van der Waals surface area contributed by atoms with Crippen molar-refractivity contribution in [2.45, 2.75) is 64.7 Å². The summed E-state index contributed by atoms with van der Waals surface area (Å²) in [5.41, 5.74) is 7.04. The fraction of sp³-hybridized carbons (Fsp3) is 0.467. The highest BCUT2D eigenvalue weighted by Crippen LogP contribution is 2.33. The van der Waals surface area contributed by atoms with E-state index in [1.54, 1.807) is 41.4 Å². The van der Waals surface area contributed by atoms with Gasteiger partial charge in [-0.2, -0.15) is 0 Å². The highest BCUT2D eigenvalue weighted by molar-refractivity contribution is 8.00. The number of hydrogen-bond acceptors (Lipinski definition) is 9. The molecule has 9 nitrogen and oxygen atoms in total. The van der Waals surface area contributed by atoms with Crippen LogP contribution in [0.5, 0.6) is 11.6 Å². The van der Waals surface area contributed by atoms with Gasteiger partial charge in [0.05, 0.1) is 16.9 Å². The Labute approximate surface area is 259 Å². The van der Waals surface area contributed by atoms with Crippen LogP contribution in [0.4, 0.5) is 34.0 Å². The van der Waals surface area contributed by atoms with Gasteiger partial charge in [-0.1, -0.05) is 11.9 Å². The van der Waals surface area contributed by atoms with Crippen LogP contribution >= 0.6 is 11.9 Å². The van der Waals surface area contributed by atoms with E-state index in [1.807, 2.05) is 20.8 Å². The first-order valence-electron chi connectivity index (χ1n) is 14.1. The summed E-state index contributed by atoms with van der Waals surface area (Å²) in [6.07, 6.45) is 5.73. The lowest BCUT2D eigenvalue weighted by atomic mass is 10.1. The van der Waals surface area contributed by atoms with E-state index in [-0.39, 0.29) is 34.8 Å². The summed E-state index contributed by atoms with van der Waals surface area (Å²) in [4.78, 5) is 25.5. The van der Waals surface area contributed by atoms with E-state index in [9.17, 15) is 22.4 Å². The van der Waals surface area contributed by atoms with Gasteiger partial charge in [-0.15, -0.1) is 0 Å². The van der Waals surface area contributed by atoms with Crippen LogP contribution in [0.3, 0.4) is 0 Å². The van der Waals surface area contributed by atoms with Crippen LogP contribution < -0.4 is 15.2 Å². The molecule has 1 saturated heterocycles. The number of halogens is 4. The lowest BCUT2D eigenvalue weighted by molar-refractivity contribution is -0.0244. The van der Waals surface area contributed by atoms with E-state index < -0.39 is 25.7 Å². The molecule has 1 aliphatic rings. The van der Waals surface area contributed by atoms with E-state index in [4.69, 9.17) is 15.2 Å². The molecule has 0 saturated carbocycles. The van der Waals surface area contributed by atoms with Crippen LogP contribution in [-0.4, -0.2) is 63.0 Å². The number of rotatable bonds is 10. The molecule has 1 fully saturated rings. The standard InChI is InChI=1S/C20H19F4N5OS.C10H19NO2/c21-11-13-10-14(3-4-16(13)29-31-9-6-20(23,24)12-22)30-18-15(2-1-7-26-18)17-5-8-27-19(25)28-17;1-10(2,3)13-9(12)11-7-5-4-6-8-11/h1-5,7-8,10,29H,6,9,11-12H2,(H2,25,27,28);4-8H2,1-3H3. The fourth-order valence-electron chi connectivity index (χ4n) is 3.95. The first-order chi connectivity index (χ1) is 20.9. The van der Waals surface area contributed by atoms with Crippen LogP contribution in [0.25, 0.3) is 11.3 Å². The highest BCUT2D eigenvalue weighted by atomic mass is 32.2. The summed E-state index contributed by atoms with van der Waals surface area (Å²) in [6, 6.07) is 9.75. The molecule has 0 atom stereocenters. The monoisotopic (exact) mass is 638 g/mol. The summed E-state index contributed by atoms with van der Waals surface area (Å²) >= 11 is 0.947. The van der Waals surface area contributed by atoms with Gasteiger partial charge < -0.3 is 24.8 Å². The number of pyridine rings is 1. The molecule has 0 unspecified atom stereocenters. The number of nitrogens with one attached hydrogen (secondary N) is 1. The fourth-order valence-corrected chi connectivity index (χ4v) is 4.80. The zero-order valence-corrected chi connectivity index (χ0v) is 25.8. The third-order valence-corrected chi connectivity index (χ3v) is 6.88. The number of nitrogens with zero attached hydrogens (tertiary/aromatic N) is 4. The Morgan fingerprint density at radius 1 is 1.07 bits per heavy atom. The number of amides is 1. The second kappa shape index (κ2) is 16.3. The van der Waals surface area contributed by atoms with Crippen molar-refractivity contribution in [3.63, 3.8) is 0 Å². The number of nitrogens with two attached hydrogens (primary N) is 1. The van der Waals surface area contributed by atoms with Crippen molar-refractivity contribution in [3.8, 4) is 22.9 Å². The van der Waals surface area contributed by atoms with Crippen molar-refractivity contribution in [2.75, 3.05) is 36.0 Å². The van der Waals surface area contributed by atoms with E-state index in [1.165, 1.54) is 18.7 Å². The molecule has 2 aromatic heterocycles. The lowest BCUT2D eigenvalue weighted by Crippen LogP contribution is -2.39. The predicted molar refractivity (Wildman–Crippen MR) is 164 cm³/mol. The van der Waals surface area contributed by atoms with Gasteiger partial charge in [0, 0.05) is 43.2 Å².